The first-order valence-corrected chi connectivity index (χ1v) is 15.4. The van der Waals surface area contributed by atoms with Gasteiger partial charge in [0.15, 0.2) is 5.82 Å². The zero-order chi connectivity index (χ0) is 32.9. The summed E-state index contributed by atoms with van der Waals surface area (Å²) in [6.45, 7) is 9.11. The van der Waals surface area contributed by atoms with Crippen molar-refractivity contribution < 1.29 is 19.1 Å². The molecular weight excluding hydrogens is 580 g/mol. The molecule has 0 aliphatic heterocycles. The van der Waals surface area contributed by atoms with Gasteiger partial charge in [-0.1, -0.05) is 60.7 Å². The molecule has 46 heavy (non-hydrogen) atoms. The van der Waals surface area contributed by atoms with E-state index >= 15 is 0 Å². The molecule has 0 fully saturated rings. The lowest BCUT2D eigenvalue weighted by Gasteiger charge is -2.29. The highest BCUT2D eigenvalue weighted by Crippen LogP contribution is 2.27. The van der Waals surface area contributed by atoms with Gasteiger partial charge in [-0.05, 0) is 69.5 Å². The van der Waals surface area contributed by atoms with E-state index in [0.29, 0.717) is 25.2 Å². The molecule has 0 radical (unpaired) electrons. The highest BCUT2D eigenvalue weighted by Gasteiger charge is 2.35. The zero-order valence-corrected chi connectivity index (χ0v) is 27.3. The number of nitrogens with zero attached hydrogens (tertiary/aromatic N) is 3. The van der Waals surface area contributed by atoms with Gasteiger partial charge in [-0.15, -0.1) is 10.2 Å². The first-order chi connectivity index (χ1) is 21.9. The molecule has 3 aromatic carbocycles. The van der Waals surface area contributed by atoms with Crippen LogP contribution in [0.2, 0.25) is 0 Å². The van der Waals surface area contributed by atoms with Crippen LogP contribution in [0.15, 0.2) is 85.1 Å². The molecule has 10 nitrogen and oxygen atoms in total. The van der Waals surface area contributed by atoms with E-state index in [1.54, 1.807) is 41.7 Å². The molecule has 0 spiro atoms. The molecule has 5 rings (SSSR count). The van der Waals surface area contributed by atoms with Crippen LogP contribution in [0.3, 0.4) is 0 Å². The zero-order valence-electron chi connectivity index (χ0n) is 27.3. The molecule has 10 heteroatoms. The number of para-hydroxylation sites is 1. The van der Waals surface area contributed by atoms with E-state index in [1.807, 2.05) is 66.9 Å². The molecule has 0 saturated heterocycles. The lowest BCUT2D eigenvalue weighted by Crippen LogP contribution is -2.56. The summed E-state index contributed by atoms with van der Waals surface area (Å²) in [6, 6.07) is 25.4. The van der Waals surface area contributed by atoms with Gasteiger partial charge in [-0.25, -0.2) is 4.79 Å². The number of aromatic nitrogens is 4. The van der Waals surface area contributed by atoms with E-state index in [0.717, 1.165) is 39.2 Å². The molecule has 0 bridgehead atoms. The fourth-order valence-corrected chi connectivity index (χ4v) is 5.28. The Balaban J connectivity index is 1.53. The lowest BCUT2D eigenvalue weighted by molar-refractivity contribution is -0.127. The third-order valence-corrected chi connectivity index (χ3v) is 7.66. The van der Waals surface area contributed by atoms with Crippen molar-refractivity contribution in [2.75, 3.05) is 7.11 Å². The summed E-state index contributed by atoms with van der Waals surface area (Å²) in [7, 11) is 1.64. The highest BCUT2D eigenvalue weighted by molar-refractivity contribution is 5.89. The van der Waals surface area contributed by atoms with Gasteiger partial charge in [0, 0.05) is 29.9 Å². The average Bonchev–Trinajstić information content (AvgIpc) is 3.60. The molecule has 2 aromatic heterocycles. The van der Waals surface area contributed by atoms with Crippen LogP contribution in [-0.2, 0) is 28.9 Å². The van der Waals surface area contributed by atoms with Crippen LogP contribution in [0.4, 0.5) is 4.79 Å². The number of alkyl carbamates (subject to hydrolysis) is 1. The Labute approximate surface area is 269 Å². The van der Waals surface area contributed by atoms with Gasteiger partial charge in [-0.3, -0.25) is 4.79 Å². The molecule has 0 aliphatic carbocycles. The fourth-order valence-electron chi connectivity index (χ4n) is 5.28. The molecule has 0 unspecified atom stereocenters. The number of amides is 2. The normalized spacial score (nSPS) is 12.5. The number of nitrogens with one attached hydrogen (secondary N) is 3. The average molecular weight is 623 g/mol. The van der Waals surface area contributed by atoms with Crippen LogP contribution in [0.1, 0.15) is 69.0 Å². The number of hydrogen-bond donors (Lipinski definition) is 3. The second-order valence-electron chi connectivity index (χ2n) is 12.9. The van der Waals surface area contributed by atoms with Crippen molar-refractivity contribution in [1.29, 1.82) is 0 Å². The van der Waals surface area contributed by atoms with Crippen molar-refractivity contribution in [1.82, 2.24) is 30.4 Å². The number of H-pyrrole nitrogens is 1. The van der Waals surface area contributed by atoms with E-state index in [-0.39, 0.29) is 5.91 Å². The van der Waals surface area contributed by atoms with E-state index < -0.39 is 23.3 Å². The Morgan fingerprint density at radius 3 is 2.28 bits per heavy atom. The molecule has 0 aliphatic rings. The van der Waals surface area contributed by atoms with Gasteiger partial charge in [0.2, 0.25) is 5.91 Å². The van der Waals surface area contributed by atoms with Crippen LogP contribution in [0.25, 0.3) is 10.9 Å². The number of rotatable bonds is 11. The van der Waals surface area contributed by atoms with Crippen molar-refractivity contribution in [3.8, 4) is 5.75 Å². The number of carbonyl (C=O) groups is 2. The third kappa shape index (κ3) is 7.93. The number of ether oxygens (including phenoxy) is 2. The minimum Gasteiger partial charge on any atom is -0.497 e. The molecule has 240 valence electrons. The quantitative estimate of drug-likeness (QED) is 0.163. The number of fused-ring (bicyclic) bond motifs is 1. The van der Waals surface area contributed by atoms with E-state index in [4.69, 9.17) is 14.6 Å². The smallest absolute Gasteiger partial charge is 0.408 e. The molecule has 0 saturated carbocycles. The second-order valence-corrected chi connectivity index (χ2v) is 12.9. The number of hydrogen-bond acceptors (Lipinski definition) is 6. The number of carbonyl (C=O) groups excluding carboxylic acids is 2. The monoisotopic (exact) mass is 622 g/mol. The molecule has 1 atom stereocenters. The van der Waals surface area contributed by atoms with Crippen molar-refractivity contribution in [2.24, 2.45) is 0 Å². The van der Waals surface area contributed by atoms with Gasteiger partial charge in [-0.2, -0.15) is 0 Å². The van der Waals surface area contributed by atoms with Crippen molar-refractivity contribution in [3.63, 3.8) is 0 Å². The van der Waals surface area contributed by atoms with Gasteiger partial charge in [0.1, 0.15) is 22.7 Å². The molecule has 3 N–H and O–H groups in total. The van der Waals surface area contributed by atoms with Crippen LogP contribution in [-0.4, -0.2) is 50.0 Å². The molecule has 5 aromatic rings. The Morgan fingerprint density at radius 1 is 0.891 bits per heavy atom. The Morgan fingerprint density at radius 2 is 1.59 bits per heavy atom. The van der Waals surface area contributed by atoms with Crippen molar-refractivity contribution >= 4 is 22.9 Å². The maximum atomic E-state index is 13.9. The van der Waals surface area contributed by atoms with Gasteiger partial charge < -0.3 is 29.7 Å². The first-order valence-electron chi connectivity index (χ1n) is 15.4. The summed E-state index contributed by atoms with van der Waals surface area (Å²) in [5, 5.41) is 16.3. The number of aromatic amines is 1. The largest absolute Gasteiger partial charge is 0.497 e. The minimum absolute atomic E-state index is 0.383. The molecule has 2 amide bonds. The van der Waals surface area contributed by atoms with Gasteiger partial charge in [0.25, 0.3) is 0 Å². The maximum Gasteiger partial charge on any atom is 0.408 e. The Kier molecular flexibility index (Phi) is 9.46. The molecular formula is C36H42N6O4. The topological polar surface area (TPSA) is 123 Å². The first kappa shape index (κ1) is 32.3. The minimum atomic E-state index is -1.28. The highest BCUT2D eigenvalue weighted by atomic mass is 16.6. The van der Waals surface area contributed by atoms with Crippen LogP contribution in [0, 0.1) is 0 Å². The number of benzene rings is 3. The summed E-state index contributed by atoms with van der Waals surface area (Å²) in [6.07, 6.45) is 2.28. The fraction of sp³-hybridized carbons (Fsp3) is 0.333. The van der Waals surface area contributed by atoms with E-state index in [9.17, 15) is 9.59 Å². The predicted octanol–water partition coefficient (Wildman–Crippen LogP) is 6.11. The summed E-state index contributed by atoms with van der Waals surface area (Å²) in [5.74, 6) is 1.75. The van der Waals surface area contributed by atoms with Gasteiger partial charge in [0.05, 0.1) is 19.7 Å². The third-order valence-electron chi connectivity index (χ3n) is 7.66. The van der Waals surface area contributed by atoms with Gasteiger partial charge >= 0.3 is 6.09 Å². The number of methoxy groups -OCH3 is 1. The van der Waals surface area contributed by atoms with Crippen LogP contribution >= 0.6 is 0 Å². The Hall–Kier alpha value is -5.12. The SMILES string of the molecule is COc1ccc(Cn2c(Cc3ccccc3)nnc2[C@@H](Cc2c[nH]c3ccccc23)NC(=O)C(C)(C)NC(=O)OC(C)(C)C)cc1. The lowest BCUT2D eigenvalue weighted by atomic mass is 10.0. The van der Waals surface area contributed by atoms with Crippen molar-refractivity contribution in [3.05, 3.63) is 113 Å². The second kappa shape index (κ2) is 13.5. The van der Waals surface area contributed by atoms with Crippen LogP contribution in [0.5, 0.6) is 5.75 Å². The predicted molar refractivity (Wildman–Crippen MR) is 178 cm³/mol. The van der Waals surface area contributed by atoms with Crippen molar-refractivity contribution in [2.45, 2.75) is 71.2 Å². The standard InChI is InChI=1S/C36H42N6O4/c1-35(2,3)46-34(44)39-36(4,5)33(43)38-30(21-26-22-37-29-15-11-10-14-28(26)29)32-41-40-31(20-24-12-8-7-9-13-24)42(32)23-25-16-18-27(45-6)19-17-25/h7-19,22,30,37H,20-21,23H2,1-6H3,(H,38,43)(H,39,44)/t30-/m1/s1. The van der Waals surface area contributed by atoms with Crippen LogP contribution < -0.4 is 15.4 Å². The summed E-state index contributed by atoms with van der Waals surface area (Å²) in [4.78, 5) is 29.9. The summed E-state index contributed by atoms with van der Waals surface area (Å²) < 4.78 is 12.9. The summed E-state index contributed by atoms with van der Waals surface area (Å²) in [5.41, 5.74) is 2.15. The molecule has 2 heterocycles. The Bertz CT molecular complexity index is 1780. The maximum absolute atomic E-state index is 13.9. The van der Waals surface area contributed by atoms with E-state index in [2.05, 4.69) is 43.5 Å². The summed E-state index contributed by atoms with van der Waals surface area (Å²) >= 11 is 0. The van der Waals surface area contributed by atoms with E-state index in [1.165, 1.54) is 0 Å².